The minimum Gasteiger partial charge on any atom is -0.490 e. The van der Waals surface area contributed by atoms with Gasteiger partial charge in [0.2, 0.25) is 0 Å². The summed E-state index contributed by atoms with van der Waals surface area (Å²) in [5.74, 6) is 1.35. The van der Waals surface area contributed by atoms with Gasteiger partial charge in [-0.1, -0.05) is 19.3 Å². The third kappa shape index (κ3) is 7.88. The van der Waals surface area contributed by atoms with Crippen molar-refractivity contribution in [1.82, 2.24) is 19.9 Å². The van der Waals surface area contributed by atoms with Crippen molar-refractivity contribution in [2.75, 3.05) is 59.0 Å². The summed E-state index contributed by atoms with van der Waals surface area (Å²) < 4.78 is 17.2. The largest absolute Gasteiger partial charge is 0.490 e. The second-order valence-corrected chi connectivity index (χ2v) is 11.1. The van der Waals surface area contributed by atoms with Crippen LogP contribution in [0.3, 0.4) is 0 Å². The molecule has 11 heteroatoms. The van der Waals surface area contributed by atoms with Gasteiger partial charge in [-0.25, -0.2) is 4.98 Å². The maximum atomic E-state index is 13.1. The number of aromatic nitrogens is 3. The quantitative estimate of drug-likeness (QED) is 0.347. The Morgan fingerprint density at radius 3 is 2.48 bits per heavy atom. The van der Waals surface area contributed by atoms with E-state index in [-0.39, 0.29) is 29.5 Å². The van der Waals surface area contributed by atoms with E-state index in [1.165, 1.54) is 6.42 Å². The monoisotopic (exact) mass is 554 g/mol. The van der Waals surface area contributed by atoms with Crippen LogP contribution in [-0.4, -0.2) is 91.7 Å². The number of carbonyl (C=O) groups excluding carboxylic acids is 2. The summed E-state index contributed by atoms with van der Waals surface area (Å²) in [4.78, 5) is 42.9. The summed E-state index contributed by atoms with van der Waals surface area (Å²) in [7, 11) is 5.59. The molecule has 0 bridgehead atoms. The number of ketones is 1. The van der Waals surface area contributed by atoms with Gasteiger partial charge in [0.05, 0.1) is 12.3 Å². The first kappa shape index (κ1) is 29.7. The zero-order valence-corrected chi connectivity index (χ0v) is 24.1. The summed E-state index contributed by atoms with van der Waals surface area (Å²) >= 11 is 0. The van der Waals surface area contributed by atoms with E-state index < -0.39 is 5.91 Å². The van der Waals surface area contributed by atoms with Crippen molar-refractivity contribution in [2.24, 2.45) is 11.7 Å². The van der Waals surface area contributed by atoms with Crippen molar-refractivity contribution in [3.63, 3.8) is 0 Å². The van der Waals surface area contributed by atoms with Crippen LogP contribution < -0.4 is 20.1 Å². The normalized spacial score (nSPS) is 17.0. The standard InChI is InChI=1S/C29H42N6O5/c1-19(18-38-4)40-29-32-23(24(36)16-20-6-5-7-20)17-26(33-29)35-12-10-21(11-13-35)27-25(39-15-14-34(2)3)9-8-22(31-27)28(30)37/h8-9,17,19-21H,5-7,10-16,18H2,1-4H3,(H2,30,37)/t19-/m1/s1. The Labute approximate surface area is 236 Å². The van der Waals surface area contributed by atoms with Crippen LogP contribution in [0.4, 0.5) is 5.82 Å². The molecule has 11 nitrogen and oxygen atoms in total. The number of piperidine rings is 1. The summed E-state index contributed by atoms with van der Waals surface area (Å²) in [6.45, 7) is 4.92. The fraction of sp³-hybridized carbons (Fsp3) is 0.621. The summed E-state index contributed by atoms with van der Waals surface area (Å²) in [6.07, 6.45) is 5.16. The number of hydrogen-bond acceptors (Lipinski definition) is 10. The summed E-state index contributed by atoms with van der Waals surface area (Å²) in [5, 5.41) is 0. The minimum absolute atomic E-state index is 0.0273. The lowest BCUT2D eigenvalue weighted by atomic mass is 9.81. The van der Waals surface area contributed by atoms with Crippen LogP contribution in [0.15, 0.2) is 18.2 Å². The molecule has 1 saturated carbocycles. The smallest absolute Gasteiger partial charge is 0.319 e. The number of carbonyl (C=O) groups is 2. The average Bonchev–Trinajstić information content (AvgIpc) is 2.90. The number of nitrogens with zero attached hydrogens (tertiary/aromatic N) is 5. The topological polar surface area (TPSA) is 133 Å². The molecule has 2 fully saturated rings. The van der Waals surface area contributed by atoms with Crippen molar-refractivity contribution >= 4 is 17.5 Å². The number of likely N-dealkylation sites (N-methyl/N-ethyl adjacent to an activating group) is 1. The van der Waals surface area contributed by atoms with Gasteiger partial charge in [-0.3, -0.25) is 9.59 Å². The molecule has 4 rings (SSSR count). The van der Waals surface area contributed by atoms with Gasteiger partial charge in [0.15, 0.2) is 5.78 Å². The number of nitrogens with two attached hydrogens (primary N) is 1. The number of ether oxygens (including phenoxy) is 3. The first-order chi connectivity index (χ1) is 19.2. The van der Waals surface area contributed by atoms with Gasteiger partial charge in [-0.15, -0.1) is 0 Å². The van der Waals surface area contributed by atoms with Gasteiger partial charge in [0.25, 0.3) is 5.91 Å². The maximum absolute atomic E-state index is 13.1. The molecule has 0 aromatic carbocycles. The third-order valence-corrected chi connectivity index (χ3v) is 7.52. The van der Waals surface area contributed by atoms with E-state index in [1.54, 1.807) is 25.3 Å². The number of methoxy groups -OCH3 is 1. The van der Waals surface area contributed by atoms with E-state index >= 15 is 0 Å². The van der Waals surface area contributed by atoms with Gasteiger partial charge in [-0.2, -0.15) is 9.97 Å². The van der Waals surface area contributed by atoms with Crippen LogP contribution in [0, 0.1) is 5.92 Å². The fourth-order valence-corrected chi connectivity index (χ4v) is 5.02. The molecular formula is C29H42N6O5. The lowest BCUT2D eigenvalue weighted by molar-refractivity contribution is 0.0841. The Bertz CT molecular complexity index is 1160. The van der Waals surface area contributed by atoms with Crippen molar-refractivity contribution in [3.8, 4) is 11.8 Å². The molecule has 2 aliphatic rings. The van der Waals surface area contributed by atoms with Crippen LogP contribution >= 0.6 is 0 Å². The summed E-state index contributed by atoms with van der Waals surface area (Å²) in [5.41, 5.74) is 6.91. The van der Waals surface area contributed by atoms with E-state index in [0.717, 1.165) is 37.9 Å². The second kappa shape index (κ2) is 13.8. The molecule has 0 radical (unpaired) electrons. The predicted molar refractivity (Wildman–Crippen MR) is 151 cm³/mol. The lowest BCUT2D eigenvalue weighted by Crippen LogP contribution is -2.34. The Hall–Kier alpha value is -3.31. The van der Waals surface area contributed by atoms with E-state index in [2.05, 4.69) is 19.9 Å². The van der Waals surface area contributed by atoms with Crippen molar-refractivity contribution in [1.29, 1.82) is 0 Å². The van der Waals surface area contributed by atoms with Gasteiger partial charge < -0.3 is 29.7 Å². The second-order valence-electron chi connectivity index (χ2n) is 11.1. The number of amides is 1. The van der Waals surface area contributed by atoms with Crippen molar-refractivity contribution in [3.05, 3.63) is 35.3 Å². The molecule has 40 heavy (non-hydrogen) atoms. The third-order valence-electron chi connectivity index (χ3n) is 7.52. The molecule has 0 spiro atoms. The highest BCUT2D eigenvalue weighted by Crippen LogP contribution is 2.35. The van der Waals surface area contributed by atoms with E-state index in [4.69, 9.17) is 19.9 Å². The number of rotatable bonds is 14. The molecule has 1 atom stereocenters. The first-order valence-electron chi connectivity index (χ1n) is 14.1. The average molecular weight is 555 g/mol. The number of hydrogen-bond donors (Lipinski definition) is 1. The molecule has 2 N–H and O–H groups in total. The van der Waals surface area contributed by atoms with Gasteiger partial charge >= 0.3 is 6.01 Å². The molecule has 218 valence electrons. The number of anilines is 1. The first-order valence-corrected chi connectivity index (χ1v) is 14.1. The number of primary amides is 1. The van der Waals surface area contributed by atoms with E-state index in [9.17, 15) is 9.59 Å². The lowest BCUT2D eigenvalue weighted by Gasteiger charge is -2.33. The minimum atomic E-state index is -0.561. The Morgan fingerprint density at radius 1 is 1.10 bits per heavy atom. The van der Waals surface area contributed by atoms with Gasteiger partial charge in [0, 0.05) is 45.1 Å². The molecule has 2 aromatic rings. The predicted octanol–water partition coefficient (Wildman–Crippen LogP) is 3.08. The molecule has 1 aliphatic heterocycles. The number of Topliss-reactive ketones (excluding diaryl/α,β-unsaturated/α-hetero) is 1. The highest BCUT2D eigenvalue weighted by Gasteiger charge is 2.28. The maximum Gasteiger partial charge on any atom is 0.319 e. The molecule has 0 unspecified atom stereocenters. The Morgan fingerprint density at radius 2 is 1.85 bits per heavy atom. The van der Waals surface area contributed by atoms with Crippen LogP contribution in [0.5, 0.6) is 11.8 Å². The van der Waals surface area contributed by atoms with Crippen LogP contribution in [0.2, 0.25) is 0 Å². The fourth-order valence-electron chi connectivity index (χ4n) is 5.02. The molecule has 1 amide bonds. The van der Waals surface area contributed by atoms with E-state index in [0.29, 0.717) is 55.9 Å². The van der Waals surface area contributed by atoms with E-state index in [1.807, 2.05) is 25.9 Å². The van der Waals surface area contributed by atoms with Crippen LogP contribution in [0.25, 0.3) is 0 Å². The Balaban J connectivity index is 1.51. The molecule has 2 aromatic heterocycles. The zero-order valence-electron chi connectivity index (χ0n) is 24.1. The Kier molecular flexibility index (Phi) is 10.3. The molecule has 1 saturated heterocycles. The van der Waals surface area contributed by atoms with Crippen LogP contribution in [0.1, 0.15) is 78.0 Å². The van der Waals surface area contributed by atoms with Gasteiger partial charge in [-0.05, 0) is 51.9 Å². The molecule has 3 heterocycles. The summed E-state index contributed by atoms with van der Waals surface area (Å²) in [6, 6.07) is 5.38. The SMILES string of the molecule is COC[C@@H](C)Oc1nc(C(=O)CC2CCC2)cc(N2CCC(c3nc(C(N)=O)ccc3OCCN(C)C)CC2)n1. The zero-order chi connectivity index (χ0) is 28.6. The molecular weight excluding hydrogens is 512 g/mol. The molecule has 1 aliphatic carbocycles. The highest BCUT2D eigenvalue weighted by molar-refractivity contribution is 5.95. The number of pyridine rings is 1. The highest BCUT2D eigenvalue weighted by atomic mass is 16.5. The van der Waals surface area contributed by atoms with Crippen molar-refractivity contribution < 1.29 is 23.8 Å². The van der Waals surface area contributed by atoms with Crippen molar-refractivity contribution in [2.45, 2.75) is 57.5 Å². The van der Waals surface area contributed by atoms with Gasteiger partial charge in [0.1, 0.15) is 35.7 Å². The van der Waals surface area contributed by atoms with Crippen LogP contribution in [-0.2, 0) is 4.74 Å².